The van der Waals surface area contributed by atoms with Gasteiger partial charge >= 0.3 is 0 Å². The van der Waals surface area contributed by atoms with Gasteiger partial charge in [0.25, 0.3) is 0 Å². The molecule has 3 nitrogen and oxygen atoms in total. The summed E-state index contributed by atoms with van der Waals surface area (Å²) in [6, 6.07) is 13.9. The first-order valence-corrected chi connectivity index (χ1v) is 7.67. The molecule has 2 rings (SSSR count). The van der Waals surface area contributed by atoms with E-state index in [1.807, 2.05) is 45.9 Å². The standard InChI is InChI=1S/C15H14O3.2C2H6/c1-11(16)15-8-3-2-5-12(15)10-18-14-7-4-6-13(17)9-14;2*1-2/h2-9,17H,10H2,1H3;2*1-2H3. The lowest BCUT2D eigenvalue weighted by atomic mass is 10.1. The maximum absolute atomic E-state index is 11.4. The molecule has 0 aliphatic heterocycles. The number of hydrogen-bond donors (Lipinski definition) is 1. The minimum atomic E-state index is 0.0186. The highest BCUT2D eigenvalue weighted by atomic mass is 16.5. The first-order chi connectivity index (χ1) is 10.7. The number of hydrogen-bond acceptors (Lipinski definition) is 3. The molecular weight excluding hydrogens is 276 g/mol. The average Bonchev–Trinajstić information content (AvgIpc) is 2.57. The van der Waals surface area contributed by atoms with Crippen LogP contribution in [0.4, 0.5) is 0 Å². The van der Waals surface area contributed by atoms with Crippen LogP contribution in [0.3, 0.4) is 0 Å². The number of phenolic OH excluding ortho intramolecular Hbond substituents is 1. The third-order valence-corrected chi connectivity index (χ3v) is 2.61. The molecule has 1 N–H and O–H groups in total. The van der Waals surface area contributed by atoms with Gasteiger partial charge in [-0.1, -0.05) is 58.0 Å². The lowest BCUT2D eigenvalue weighted by Gasteiger charge is -2.09. The Kier molecular flexibility index (Phi) is 10.2. The Balaban J connectivity index is 0.00000102. The summed E-state index contributed by atoms with van der Waals surface area (Å²) in [5.74, 6) is 0.755. The van der Waals surface area contributed by atoms with Gasteiger partial charge in [-0.3, -0.25) is 4.79 Å². The van der Waals surface area contributed by atoms with E-state index in [9.17, 15) is 9.90 Å². The third-order valence-electron chi connectivity index (χ3n) is 2.61. The average molecular weight is 302 g/mol. The van der Waals surface area contributed by atoms with Crippen LogP contribution in [-0.2, 0) is 6.61 Å². The second kappa shape index (κ2) is 11.4. The van der Waals surface area contributed by atoms with Gasteiger partial charge in [0.2, 0.25) is 0 Å². The zero-order valence-electron chi connectivity index (χ0n) is 14.1. The minimum absolute atomic E-state index is 0.0186. The van der Waals surface area contributed by atoms with Crippen molar-refractivity contribution in [1.82, 2.24) is 0 Å². The van der Waals surface area contributed by atoms with Gasteiger partial charge in [0, 0.05) is 17.2 Å². The van der Waals surface area contributed by atoms with E-state index in [4.69, 9.17) is 4.74 Å². The van der Waals surface area contributed by atoms with Crippen molar-refractivity contribution < 1.29 is 14.6 Å². The van der Waals surface area contributed by atoms with Gasteiger partial charge < -0.3 is 9.84 Å². The van der Waals surface area contributed by atoms with Crippen molar-refractivity contribution in [2.75, 3.05) is 0 Å². The van der Waals surface area contributed by atoms with Crippen molar-refractivity contribution in [3.63, 3.8) is 0 Å². The summed E-state index contributed by atoms with van der Waals surface area (Å²) < 4.78 is 5.55. The molecule has 2 aromatic rings. The van der Waals surface area contributed by atoms with Crippen molar-refractivity contribution in [2.45, 2.75) is 41.2 Å². The number of rotatable bonds is 4. The predicted octanol–water partition coefficient (Wildman–Crippen LogP) is 5.23. The van der Waals surface area contributed by atoms with Crippen LogP contribution in [0.15, 0.2) is 48.5 Å². The quantitative estimate of drug-likeness (QED) is 0.787. The molecular formula is C19H26O3. The Bertz CT molecular complexity index is 562. The lowest BCUT2D eigenvalue weighted by molar-refractivity contribution is 0.101. The Morgan fingerprint density at radius 3 is 2.23 bits per heavy atom. The fourth-order valence-electron chi connectivity index (χ4n) is 1.72. The van der Waals surface area contributed by atoms with Crippen LogP contribution >= 0.6 is 0 Å². The molecule has 0 atom stereocenters. The Morgan fingerprint density at radius 1 is 1.00 bits per heavy atom. The molecule has 0 bridgehead atoms. The number of ketones is 1. The van der Waals surface area contributed by atoms with Crippen LogP contribution in [0.2, 0.25) is 0 Å². The molecule has 0 spiro atoms. The molecule has 0 unspecified atom stereocenters. The molecule has 0 radical (unpaired) electrons. The van der Waals surface area contributed by atoms with E-state index in [-0.39, 0.29) is 11.5 Å². The summed E-state index contributed by atoms with van der Waals surface area (Å²) in [5.41, 5.74) is 1.51. The first-order valence-electron chi connectivity index (χ1n) is 7.67. The number of phenols is 1. The fourth-order valence-corrected chi connectivity index (χ4v) is 1.72. The number of ether oxygens (including phenoxy) is 1. The zero-order chi connectivity index (χ0) is 17.0. The Labute approximate surface area is 133 Å². The van der Waals surface area contributed by atoms with E-state index < -0.39 is 0 Å². The number of Topliss-reactive ketones (excluding diaryl/α,β-unsaturated/α-hetero) is 1. The molecule has 0 saturated heterocycles. The van der Waals surface area contributed by atoms with Crippen LogP contribution in [-0.4, -0.2) is 10.9 Å². The first kappa shape index (κ1) is 19.7. The van der Waals surface area contributed by atoms with Gasteiger partial charge in [-0.15, -0.1) is 0 Å². The summed E-state index contributed by atoms with van der Waals surface area (Å²) >= 11 is 0. The van der Waals surface area contributed by atoms with Crippen LogP contribution in [0.25, 0.3) is 0 Å². The molecule has 0 saturated carbocycles. The topological polar surface area (TPSA) is 46.5 Å². The van der Waals surface area contributed by atoms with Crippen LogP contribution in [0, 0.1) is 0 Å². The number of aromatic hydroxyl groups is 1. The maximum atomic E-state index is 11.4. The van der Waals surface area contributed by atoms with Gasteiger partial charge in [0.1, 0.15) is 18.1 Å². The third kappa shape index (κ3) is 6.44. The second-order valence-corrected chi connectivity index (χ2v) is 4.00. The minimum Gasteiger partial charge on any atom is -0.508 e. The molecule has 3 heteroatoms. The van der Waals surface area contributed by atoms with Crippen molar-refractivity contribution in [3.8, 4) is 11.5 Å². The summed E-state index contributed by atoms with van der Waals surface area (Å²) in [5, 5.41) is 9.32. The van der Waals surface area contributed by atoms with Gasteiger partial charge in [0.15, 0.2) is 5.78 Å². The van der Waals surface area contributed by atoms with Crippen LogP contribution in [0.1, 0.15) is 50.5 Å². The normalized spacial score (nSPS) is 8.77. The van der Waals surface area contributed by atoms with E-state index in [1.165, 1.54) is 13.0 Å². The molecule has 120 valence electrons. The highest BCUT2D eigenvalue weighted by Crippen LogP contribution is 2.19. The summed E-state index contributed by atoms with van der Waals surface area (Å²) in [7, 11) is 0. The van der Waals surface area contributed by atoms with E-state index in [2.05, 4.69) is 0 Å². The highest BCUT2D eigenvalue weighted by Gasteiger charge is 2.06. The fraction of sp³-hybridized carbons (Fsp3) is 0.316. The Morgan fingerprint density at radius 2 is 1.64 bits per heavy atom. The summed E-state index contributed by atoms with van der Waals surface area (Å²) in [6.07, 6.45) is 0. The van der Waals surface area contributed by atoms with E-state index in [1.54, 1.807) is 24.3 Å². The molecule has 22 heavy (non-hydrogen) atoms. The van der Waals surface area contributed by atoms with Gasteiger partial charge in [-0.2, -0.15) is 0 Å². The molecule has 2 aromatic carbocycles. The largest absolute Gasteiger partial charge is 0.508 e. The second-order valence-electron chi connectivity index (χ2n) is 4.00. The van der Waals surface area contributed by atoms with Crippen LogP contribution < -0.4 is 4.74 Å². The smallest absolute Gasteiger partial charge is 0.160 e. The predicted molar refractivity (Wildman–Crippen MR) is 91.6 cm³/mol. The number of carbonyl (C=O) groups excluding carboxylic acids is 1. The van der Waals surface area contributed by atoms with Gasteiger partial charge in [-0.25, -0.2) is 0 Å². The van der Waals surface area contributed by atoms with Gasteiger partial charge in [-0.05, 0) is 19.1 Å². The van der Waals surface area contributed by atoms with E-state index in [0.717, 1.165) is 5.56 Å². The number of carbonyl (C=O) groups is 1. The van der Waals surface area contributed by atoms with Gasteiger partial charge in [0.05, 0.1) is 0 Å². The lowest BCUT2D eigenvalue weighted by Crippen LogP contribution is -2.03. The summed E-state index contributed by atoms with van der Waals surface area (Å²) in [4.78, 5) is 11.4. The molecule has 0 aromatic heterocycles. The van der Waals surface area contributed by atoms with Crippen molar-refractivity contribution in [1.29, 1.82) is 0 Å². The zero-order valence-corrected chi connectivity index (χ0v) is 14.1. The van der Waals surface area contributed by atoms with Crippen molar-refractivity contribution in [3.05, 3.63) is 59.7 Å². The molecule has 0 amide bonds. The molecule has 0 heterocycles. The summed E-state index contributed by atoms with van der Waals surface area (Å²) in [6.45, 7) is 9.84. The van der Waals surface area contributed by atoms with E-state index >= 15 is 0 Å². The Hall–Kier alpha value is -2.29. The highest BCUT2D eigenvalue weighted by molar-refractivity contribution is 5.95. The monoisotopic (exact) mass is 302 g/mol. The molecule has 0 aliphatic rings. The van der Waals surface area contributed by atoms with Crippen molar-refractivity contribution in [2.24, 2.45) is 0 Å². The maximum Gasteiger partial charge on any atom is 0.160 e. The van der Waals surface area contributed by atoms with E-state index in [0.29, 0.717) is 17.9 Å². The number of benzene rings is 2. The molecule has 0 fully saturated rings. The van der Waals surface area contributed by atoms with Crippen molar-refractivity contribution >= 4 is 5.78 Å². The molecule has 0 aliphatic carbocycles. The SMILES string of the molecule is CC.CC.CC(=O)c1ccccc1COc1cccc(O)c1. The van der Waals surface area contributed by atoms with Crippen LogP contribution in [0.5, 0.6) is 11.5 Å².